The van der Waals surface area contributed by atoms with Crippen LogP contribution < -0.4 is 0 Å². The molecule has 0 aliphatic rings. The molecule has 20 heavy (non-hydrogen) atoms. The van der Waals surface area contributed by atoms with E-state index in [4.69, 9.17) is 0 Å². The van der Waals surface area contributed by atoms with E-state index < -0.39 is 0 Å². The van der Waals surface area contributed by atoms with E-state index >= 15 is 0 Å². The minimum absolute atomic E-state index is 0.508. The second kappa shape index (κ2) is 11.9. The van der Waals surface area contributed by atoms with Gasteiger partial charge in [-0.05, 0) is 23.3 Å². The smallest absolute Gasteiger partial charge is 0.138 e. The number of hydrogen-bond donors (Lipinski definition) is 0. The third-order valence-corrected chi connectivity index (χ3v) is 4.02. The average molecular weight is 280 g/mol. The van der Waals surface area contributed by atoms with E-state index in [2.05, 4.69) is 29.4 Å². The molecule has 4 heteroatoms. The van der Waals surface area contributed by atoms with Gasteiger partial charge in [-0.25, -0.2) is 4.68 Å². The third-order valence-electron chi connectivity index (χ3n) is 4.02. The quantitative estimate of drug-likeness (QED) is 0.481. The van der Waals surface area contributed by atoms with Gasteiger partial charge >= 0.3 is 0 Å². The number of tetrazole rings is 1. The summed E-state index contributed by atoms with van der Waals surface area (Å²) in [6, 6.07) is 0.508. The van der Waals surface area contributed by atoms with Crippen molar-refractivity contribution >= 4 is 0 Å². The van der Waals surface area contributed by atoms with Gasteiger partial charge in [0, 0.05) is 0 Å². The molecule has 0 radical (unpaired) electrons. The highest BCUT2D eigenvalue weighted by molar-refractivity contribution is 4.66. The van der Waals surface area contributed by atoms with Gasteiger partial charge in [-0.2, -0.15) is 0 Å². The van der Waals surface area contributed by atoms with E-state index in [0.717, 1.165) is 0 Å². The fraction of sp³-hybridized carbons (Fsp3) is 0.938. The molecule has 0 N–H and O–H groups in total. The Bertz CT molecular complexity index is 283. The fourth-order valence-corrected chi connectivity index (χ4v) is 2.71. The Morgan fingerprint density at radius 3 is 1.80 bits per heavy atom. The maximum absolute atomic E-state index is 4.10. The van der Waals surface area contributed by atoms with Gasteiger partial charge in [0.05, 0.1) is 6.04 Å². The lowest BCUT2D eigenvalue weighted by atomic mass is 10.0. The summed E-state index contributed by atoms with van der Waals surface area (Å²) in [7, 11) is 0. The molecule has 0 unspecified atom stereocenters. The monoisotopic (exact) mass is 280 g/mol. The topological polar surface area (TPSA) is 43.6 Å². The van der Waals surface area contributed by atoms with Crippen LogP contribution in [-0.2, 0) is 0 Å². The lowest BCUT2D eigenvalue weighted by Gasteiger charge is -2.16. The minimum atomic E-state index is 0.508. The average Bonchev–Trinajstić information content (AvgIpc) is 2.98. The molecule has 116 valence electrons. The molecule has 0 aliphatic carbocycles. The summed E-state index contributed by atoms with van der Waals surface area (Å²) in [5.74, 6) is 0. The first-order valence-corrected chi connectivity index (χ1v) is 8.61. The molecule has 0 fully saturated rings. The summed E-state index contributed by atoms with van der Waals surface area (Å²) in [6.07, 6.45) is 17.6. The van der Waals surface area contributed by atoms with E-state index in [0.29, 0.717) is 6.04 Å². The Labute approximate surface area is 124 Å². The van der Waals surface area contributed by atoms with Gasteiger partial charge in [0.1, 0.15) is 6.33 Å². The van der Waals surface area contributed by atoms with Crippen LogP contribution in [0.1, 0.15) is 96.9 Å². The highest BCUT2D eigenvalue weighted by Crippen LogP contribution is 2.22. The van der Waals surface area contributed by atoms with Gasteiger partial charge in [-0.1, -0.05) is 78.1 Å². The summed E-state index contributed by atoms with van der Waals surface area (Å²) in [4.78, 5) is 0. The Hall–Kier alpha value is -0.930. The summed E-state index contributed by atoms with van der Waals surface area (Å²) in [5, 5.41) is 11.7. The summed E-state index contributed by atoms with van der Waals surface area (Å²) in [6.45, 7) is 4.53. The van der Waals surface area contributed by atoms with Crippen LogP contribution in [0.5, 0.6) is 0 Å². The number of unbranched alkanes of at least 4 members (excludes halogenated alkanes) is 8. The van der Waals surface area contributed by atoms with E-state index in [-0.39, 0.29) is 0 Å². The number of aromatic nitrogens is 4. The van der Waals surface area contributed by atoms with Gasteiger partial charge in [0.25, 0.3) is 0 Å². The first-order valence-electron chi connectivity index (χ1n) is 8.61. The predicted molar refractivity (Wildman–Crippen MR) is 83.6 cm³/mol. The van der Waals surface area contributed by atoms with E-state index in [9.17, 15) is 0 Å². The van der Waals surface area contributed by atoms with Crippen LogP contribution in [0, 0.1) is 0 Å². The van der Waals surface area contributed by atoms with Crippen molar-refractivity contribution in [1.29, 1.82) is 0 Å². The van der Waals surface area contributed by atoms with Gasteiger partial charge in [0.15, 0.2) is 0 Å². The second-order valence-electron chi connectivity index (χ2n) is 5.85. The number of rotatable bonds is 13. The molecule has 1 heterocycles. The molecule has 4 nitrogen and oxygen atoms in total. The van der Waals surface area contributed by atoms with Crippen LogP contribution >= 0.6 is 0 Å². The summed E-state index contributed by atoms with van der Waals surface area (Å²) < 4.78 is 1.97. The van der Waals surface area contributed by atoms with Crippen LogP contribution in [0.25, 0.3) is 0 Å². The number of nitrogens with zero attached hydrogens (tertiary/aromatic N) is 4. The molecule has 0 amide bonds. The van der Waals surface area contributed by atoms with Gasteiger partial charge in [0.2, 0.25) is 0 Å². The summed E-state index contributed by atoms with van der Waals surface area (Å²) >= 11 is 0. The molecule has 0 saturated carbocycles. The number of hydrogen-bond acceptors (Lipinski definition) is 3. The van der Waals surface area contributed by atoms with Crippen LogP contribution in [0.15, 0.2) is 6.33 Å². The van der Waals surface area contributed by atoms with Crippen molar-refractivity contribution in [3.63, 3.8) is 0 Å². The molecule has 1 aromatic rings. The molecule has 0 bridgehead atoms. The van der Waals surface area contributed by atoms with Crippen molar-refractivity contribution in [2.45, 2.75) is 96.9 Å². The third kappa shape index (κ3) is 7.61. The van der Waals surface area contributed by atoms with Crippen LogP contribution in [0.4, 0.5) is 0 Å². The van der Waals surface area contributed by atoms with Crippen molar-refractivity contribution < 1.29 is 0 Å². The highest BCUT2D eigenvalue weighted by atomic mass is 15.5. The fourth-order valence-electron chi connectivity index (χ4n) is 2.71. The minimum Gasteiger partial charge on any atom is -0.229 e. The standard InChI is InChI=1S/C16H32N4/c1-3-5-7-9-11-13-16(20-15-17-18-19-20)14-12-10-8-6-4-2/h15-16H,3-14H2,1-2H3. The maximum atomic E-state index is 4.10. The van der Waals surface area contributed by atoms with E-state index in [1.165, 1.54) is 77.0 Å². The molecular formula is C16H32N4. The van der Waals surface area contributed by atoms with Crippen molar-refractivity contribution in [1.82, 2.24) is 20.2 Å². The molecule has 0 aliphatic heterocycles. The molecule has 0 spiro atoms. The Kier molecular flexibility index (Phi) is 10.2. The SMILES string of the molecule is CCCCCCCC(CCCCCCC)n1cnnn1. The molecule has 1 aromatic heterocycles. The van der Waals surface area contributed by atoms with E-state index in [1.54, 1.807) is 6.33 Å². The Morgan fingerprint density at radius 2 is 1.35 bits per heavy atom. The molecule has 0 atom stereocenters. The van der Waals surface area contributed by atoms with E-state index in [1.807, 2.05) is 4.68 Å². The Balaban J connectivity index is 2.22. The van der Waals surface area contributed by atoms with Crippen LogP contribution in [0.3, 0.4) is 0 Å². The van der Waals surface area contributed by atoms with Gasteiger partial charge in [-0.15, -0.1) is 5.10 Å². The van der Waals surface area contributed by atoms with Crippen molar-refractivity contribution in [3.05, 3.63) is 6.33 Å². The lowest BCUT2D eigenvalue weighted by Crippen LogP contribution is -2.10. The maximum Gasteiger partial charge on any atom is 0.138 e. The van der Waals surface area contributed by atoms with Crippen molar-refractivity contribution in [2.24, 2.45) is 0 Å². The first kappa shape index (κ1) is 17.1. The second-order valence-corrected chi connectivity index (χ2v) is 5.85. The highest BCUT2D eigenvalue weighted by Gasteiger charge is 2.11. The zero-order valence-corrected chi connectivity index (χ0v) is 13.4. The zero-order valence-electron chi connectivity index (χ0n) is 13.4. The molecule has 0 saturated heterocycles. The largest absolute Gasteiger partial charge is 0.229 e. The summed E-state index contributed by atoms with van der Waals surface area (Å²) in [5.41, 5.74) is 0. The molecule has 0 aromatic carbocycles. The van der Waals surface area contributed by atoms with Crippen LogP contribution in [-0.4, -0.2) is 20.2 Å². The predicted octanol–water partition coefficient (Wildman–Crippen LogP) is 4.94. The Morgan fingerprint density at radius 1 is 0.800 bits per heavy atom. The van der Waals surface area contributed by atoms with Gasteiger partial charge in [-0.3, -0.25) is 0 Å². The van der Waals surface area contributed by atoms with Gasteiger partial charge < -0.3 is 0 Å². The zero-order chi connectivity index (χ0) is 14.5. The normalized spacial score (nSPS) is 11.3. The molecular weight excluding hydrogens is 248 g/mol. The lowest BCUT2D eigenvalue weighted by molar-refractivity contribution is 0.360. The van der Waals surface area contributed by atoms with Crippen molar-refractivity contribution in [2.75, 3.05) is 0 Å². The van der Waals surface area contributed by atoms with Crippen LogP contribution in [0.2, 0.25) is 0 Å². The first-order chi connectivity index (χ1) is 9.88. The van der Waals surface area contributed by atoms with Crippen molar-refractivity contribution in [3.8, 4) is 0 Å². The molecule has 1 rings (SSSR count).